The van der Waals surface area contributed by atoms with E-state index in [1.807, 2.05) is 45.9 Å². The Morgan fingerprint density at radius 3 is 2.29 bits per heavy atom. The Bertz CT molecular complexity index is 494. The lowest BCUT2D eigenvalue weighted by Gasteiger charge is -2.26. The number of aryl methyl sites for hydroxylation is 2. The van der Waals surface area contributed by atoms with Crippen LogP contribution >= 0.6 is 0 Å². The van der Waals surface area contributed by atoms with Crippen molar-refractivity contribution in [1.82, 2.24) is 10.2 Å². The van der Waals surface area contributed by atoms with Crippen LogP contribution in [0.3, 0.4) is 0 Å². The Kier molecular flexibility index (Phi) is 6.88. The minimum atomic E-state index is -0.565. The maximum absolute atomic E-state index is 11.9. The molecule has 0 aromatic heterocycles. The van der Waals surface area contributed by atoms with Gasteiger partial charge in [0.25, 0.3) is 0 Å². The van der Waals surface area contributed by atoms with Gasteiger partial charge in [0.1, 0.15) is 0 Å². The van der Waals surface area contributed by atoms with Crippen molar-refractivity contribution >= 4 is 17.5 Å². The van der Waals surface area contributed by atoms with Gasteiger partial charge in [-0.1, -0.05) is 19.9 Å². The summed E-state index contributed by atoms with van der Waals surface area (Å²) in [5.41, 5.74) is 2.91. The Labute approximate surface area is 126 Å². The summed E-state index contributed by atoms with van der Waals surface area (Å²) in [7, 11) is 0. The summed E-state index contributed by atoms with van der Waals surface area (Å²) in [6.45, 7) is 10.6. The van der Waals surface area contributed by atoms with Crippen LogP contribution in [0.4, 0.5) is 5.69 Å². The van der Waals surface area contributed by atoms with Crippen LogP contribution in [0.15, 0.2) is 18.2 Å². The molecule has 2 amide bonds. The van der Waals surface area contributed by atoms with Gasteiger partial charge in [-0.3, -0.25) is 9.59 Å². The molecule has 0 spiro atoms. The normalized spacial score (nSPS) is 14.0. The van der Waals surface area contributed by atoms with E-state index < -0.39 is 11.8 Å². The Morgan fingerprint density at radius 1 is 1.10 bits per heavy atom. The highest BCUT2D eigenvalue weighted by Crippen LogP contribution is 2.14. The molecule has 0 radical (unpaired) electrons. The fourth-order valence-electron chi connectivity index (χ4n) is 2.02. The average molecular weight is 291 g/mol. The summed E-state index contributed by atoms with van der Waals surface area (Å²) >= 11 is 0. The van der Waals surface area contributed by atoms with E-state index >= 15 is 0 Å². The summed E-state index contributed by atoms with van der Waals surface area (Å²) in [6, 6.07) is 5.61. The molecular weight excluding hydrogens is 266 g/mol. The van der Waals surface area contributed by atoms with Gasteiger partial charge in [-0.2, -0.15) is 0 Å². The molecule has 21 heavy (non-hydrogen) atoms. The fourth-order valence-corrected chi connectivity index (χ4v) is 2.02. The van der Waals surface area contributed by atoms with Gasteiger partial charge in [0.15, 0.2) is 0 Å². The zero-order chi connectivity index (χ0) is 15.8. The van der Waals surface area contributed by atoms with Crippen LogP contribution in [0.2, 0.25) is 0 Å². The third kappa shape index (κ3) is 4.86. The fraction of sp³-hybridized carbons (Fsp3) is 0.500. The molecule has 1 aliphatic heterocycles. The maximum Gasteiger partial charge on any atom is 0.313 e. The molecule has 0 atom stereocenters. The van der Waals surface area contributed by atoms with E-state index in [1.54, 1.807) is 4.90 Å². The molecule has 0 aliphatic carbocycles. The highest BCUT2D eigenvalue weighted by Gasteiger charge is 2.23. The molecular formula is C16H25N3O2. The second-order valence-electron chi connectivity index (χ2n) is 4.80. The van der Waals surface area contributed by atoms with Gasteiger partial charge < -0.3 is 15.5 Å². The number of anilines is 1. The van der Waals surface area contributed by atoms with Crippen molar-refractivity contribution in [1.29, 1.82) is 0 Å². The molecule has 1 heterocycles. The van der Waals surface area contributed by atoms with E-state index in [0.717, 1.165) is 24.2 Å². The van der Waals surface area contributed by atoms with E-state index in [4.69, 9.17) is 0 Å². The number of nitrogens with one attached hydrogen (secondary N) is 2. The Hall–Kier alpha value is -1.88. The highest BCUT2D eigenvalue weighted by molar-refractivity contribution is 6.39. The highest BCUT2D eigenvalue weighted by atomic mass is 16.2. The number of hydrogen-bond acceptors (Lipinski definition) is 3. The number of amides is 2. The van der Waals surface area contributed by atoms with Gasteiger partial charge in [0, 0.05) is 31.9 Å². The molecule has 1 fully saturated rings. The number of piperazine rings is 1. The van der Waals surface area contributed by atoms with Crippen LogP contribution in [-0.2, 0) is 9.59 Å². The van der Waals surface area contributed by atoms with Crippen molar-refractivity contribution in [3.63, 3.8) is 0 Å². The van der Waals surface area contributed by atoms with Gasteiger partial charge >= 0.3 is 11.8 Å². The molecule has 5 heteroatoms. The SMILES string of the molecule is CC.Cc1ccc(NC(=O)C(=O)N2CCNCC2)cc1C. The van der Waals surface area contributed by atoms with Crippen LogP contribution in [0, 0.1) is 13.8 Å². The third-order valence-electron chi connectivity index (χ3n) is 3.36. The van der Waals surface area contributed by atoms with Gasteiger partial charge in [0.2, 0.25) is 0 Å². The predicted octanol–water partition coefficient (Wildman–Crippen LogP) is 1.70. The van der Waals surface area contributed by atoms with E-state index in [2.05, 4.69) is 10.6 Å². The number of benzene rings is 1. The molecule has 116 valence electrons. The van der Waals surface area contributed by atoms with E-state index in [9.17, 15) is 9.59 Å². The van der Waals surface area contributed by atoms with Crippen molar-refractivity contribution in [3.8, 4) is 0 Å². The van der Waals surface area contributed by atoms with E-state index in [0.29, 0.717) is 18.8 Å². The lowest BCUT2D eigenvalue weighted by atomic mass is 10.1. The summed E-state index contributed by atoms with van der Waals surface area (Å²) < 4.78 is 0. The number of carbonyl (C=O) groups is 2. The van der Waals surface area contributed by atoms with Crippen LogP contribution in [0.1, 0.15) is 25.0 Å². The lowest BCUT2D eigenvalue weighted by Crippen LogP contribution is -2.49. The van der Waals surface area contributed by atoms with Crippen molar-refractivity contribution < 1.29 is 9.59 Å². The second kappa shape index (κ2) is 8.42. The maximum atomic E-state index is 11.9. The molecule has 0 unspecified atom stereocenters. The predicted molar refractivity (Wildman–Crippen MR) is 85.3 cm³/mol. The average Bonchev–Trinajstić information content (AvgIpc) is 2.53. The second-order valence-corrected chi connectivity index (χ2v) is 4.80. The molecule has 1 aromatic carbocycles. The van der Waals surface area contributed by atoms with Crippen LogP contribution in [0.5, 0.6) is 0 Å². The monoisotopic (exact) mass is 291 g/mol. The largest absolute Gasteiger partial charge is 0.332 e. The molecule has 1 saturated heterocycles. The molecule has 2 rings (SSSR count). The zero-order valence-electron chi connectivity index (χ0n) is 13.3. The number of nitrogens with zero attached hydrogens (tertiary/aromatic N) is 1. The van der Waals surface area contributed by atoms with Crippen LogP contribution in [-0.4, -0.2) is 42.9 Å². The molecule has 1 aromatic rings. The smallest absolute Gasteiger partial charge is 0.313 e. The molecule has 0 bridgehead atoms. The van der Waals surface area contributed by atoms with Crippen molar-refractivity contribution in [3.05, 3.63) is 29.3 Å². The molecule has 2 N–H and O–H groups in total. The number of rotatable bonds is 1. The van der Waals surface area contributed by atoms with Crippen molar-refractivity contribution in [2.24, 2.45) is 0 Å². The van der Waals surface area contributed by atoms with E-state index in [-0.39, 0.29) is 0 Å². The third-order valence-corrected chi connectivity index (χ3v) is 3.36. The van der Waals surface area contributed by atoms with Gasteiger partial charge in [0.05, 0.1) is 0 Å². The first-order valence-corrected chi connectivity index (χ1v) is 7.46. The lowest BCUT2D eigenvalue weighted by molar-refractivity contribution is -0.143. The molecule has 1 aliphatic rings. The minimum Gasteiger partial charge on any atom is -0.332 e. The first kappa shape index (κ1) is 17.2. The first-order valence-electron chi connectivity index (χ1n) is 7.46. The van der Waals surface area contributed by atoms with Crippen molar-refractivity contribution in [2.75, 3.05) is 31.5 Å². The van der Waals surface area contributed by atoms with Crippen LogP contribution in [0.25, 0.3) is 0 Å². The van der Waals surface area contributed by atoms with Crippen molar-refractivity contribution in [2.45, 2.75) is 27.7 Å². The summed E-state index contributed by atoms with van der Waals surface area (Å²) in [5, 5.41) is 5.80. The number of hydrogen-bond donors (Lipinski definition) is 2. The Morgan fingerprint density at radius 2 is 1.71 bits per heavy atom. The van der Waals surface area contributed by atoms with Gasteiger partial charge in [-0.05, 0) is 37.1 Å². The topological polar surface area (TPSA) is 61.4 Å². The molecule has 5 nitrogen and oxygen atoms in total. The first-order chi connectivity index (χ1) is 10.1. The number of carbonyl (C=O) groups excluding carboxylic acids is 2. The zero-order valence-corrected chi connectivity index (χ0v) is 13.3. The molecule has 0 saturated carbocycles. The quantitative estimate of drug-likeness (QED) is 0.774. The minimum absolute atomic E-state index is 0.459. The van der Waals surface area contributed by atoms with Crippen LogP contribution < -0.4 is 10.6 Å². The van der Waals surface area contributed by atoms with Gasteiger partial charge in [-0.15, -0.1) is 0 Å². The summed E-state index contributed by atoms with van der Waals surface area (Å²) in [5.74, 6) is -1.02. The Balaban J connectivity index is 0.00000106. The standard InChI is InChI=1S/C14H19N3O2.C2H6/c1-10-3-4-12(9-11(10)2)16-13(18)14(19)17-7-5-15-6-8-17;1-2/h3-4,9,15H,5-8H2,1-2H3,(H,16,18);1-2H3. The summed E-state index contributed by atoms with van der Waals surface area (Å²) in [6.07, 6.45) is 0. The van der Waals surface area contributed by atoms with E-state index in [1.165, 1.54) is 0 Å². The van der Waals surface area contributed by atoms with Gasteiger partial charge in [-0.25, -0.2) is 0 Å². The summed E-state index contributed by atoms with van der Waals surface area (Å²) in [4.78, 5) is 25.4.